The maximum atomic E-state index is 15.2. The Morgan fingerprint density at radius 3 is 2.46 bits per heavy atom. The van der Waals surface area contributed by atoms with Gasteiger partial charge in [0.05, 0.1) is 17.1 Å². The molecule has 0 spiro atoms. The Morgan fingerprint density at radius 2 is 1.80 bits per heavy atom. The third-order valence-electron chi connectivity index (χ3n) is 7.85. The van der Waals surface area contributed by atoms with Crippen molar-refractivity contribution in [3.8, 4) is 0 Å². The molecule has 4 rings (SSSR count). The highest BCUT2D eigenvalue weighted by molar-refractivity contribution is 7.89. The summed E-state index contributed by atoms with van der Waals surface area (Å²) >= 11 is 6.06. The minimum Gasteiger partial charge on any atom is -0.321 e. The summed E-state index contributed by atoms with van der Waals surface area (Å²) in [6.07, 6.45) is 3.20. The van der Waals surface area contributed by atoms with Crippen LogP contribution in [0.4, 0.5) is 4.39 Å². The second kappa shape index (κ2) is 13.5. The van der Waals surface area contributed by atoms with Gasteiger partial charge in [0.2, 0.25) is 10.0 Å². The minimum atomic E-state index is -3.75. The fraction of sp³-hybridized carbons (Fsp3) is 0.419. The van der Waals surface area contributed by atoms with Crippen LogP contribution in [-0.4, -0.2) is 54.7 Å². The first kappa shape index (κ1) is 31.3. The number of ketones is 1. The molecule has 0 radical (unpaired) electrons. The average molecular weight is 601 g/mol. The lowest BCUT2D eigenvalue weighted by molar-refractivity contribution is -0.120. The molecule has 2 aromatic carbocycles. The Bertz CT molecular complexity index is 1440. The predicted molar refractivity (Wildman–Crippen MR) is 160 cm³/mol. The zero-order valence-corrected chi connectivity index (χ0v) is 25.2. The smallest absolute Gasteiger partial charge is 0.243 e. The highest BCUT2D eigenvalue weighted by atomic mass is 35.5. The highest BCUT2D eigenvalue weighted by Gasteiger charge is 2.38. The second-order valence-electron chi connectivity index (χ2n) is 11.1. The number of rotatable bonds is 11. The summed E-state index contributed by atoms with van der Waals surface area (Å²) in [6, 6.07) is 14.2. The van der Waals surface area contributed by atoms with E-state index in [4.69, 9.17) is 17.3 Å². The van der Waals surface area contributed by atoms with E-state index in [-0.39, 0.29) is 41.4 Å². The Kier molecular flexibility index (Phi) is 10.3. The summed E-state index contributed by atoms with van der Waals surface area (Å²) in [4.78, 5) is 17.7. The van der Waals surface area contributed by atoms with Crippen LogP contribution >= 0.6 is 11.6 Å². The van der Waals surface area contributed by atoms with Crippen molar-refractivity contribution in [1.29, 1.82) is 0 Å². The first-order chi connectivity index (χ1) is 19.5. The summed E-state index contributed by atoms with van der Waals surface area (Å²) in [6.45, 7) is 6.85. The molecule has 1 saturated heterocycles. The Morgan fingerprint density at radius 1 is 1.12 bits per heavy atom. The molecule has 0 bridgehead atoms. The summed E-state index contributed by atoms with van der Waals surface area (Å²) in [5.74, 6) is -0.889. The predicted octanol–water partition coefficient (Wildman–Crippen LogP) is 4.74. The van der Waals surface area contributed by atoms with E-state index in [0.717, 1.165) is 11.8 Å². The normalized spacial score (nSPS) is 19.7. The molecular formula is C31H38ClFN4O3S. The Balaban J connectivity index is 1.54. The van der Waals surface area contributed by atoms with Gasteiger partial charge in [-0.3, -0.25) is 9.78 Å². The Hall–Kier alpha value is -2.69. The van der Waals surface area contributed by atoms with Crippen molar-refractivity contribution in [1.82, 2.24) is 14.6 Å². The number of hydrogen-bond donors (Lipinski definition) is 2. The first-order valence-corrected chi connectivity index (χ1v) is 15.8. The number of nitrogens with zero attached hydrogens (tertiary/aromatic N) is 2. The number of carbonyl (C=O) groups excluding carboxylic acids is 1. The van der Waals surface area contributed by atoms with E-state index in [1.807, 2.05) is 32.9 Å². The highest BCUT2D eigenvalue weighted by Crippen LogP contribution is 2.30. The van der Waals surface area contributed by atoms with Crippen LogP contribution in [0.3, 0.4) is 0 Å². The lowest BCUT2D eigenvalue weighted by atomic mass is 9.80. The number of benzene rings is 2. The van der Waals surface area contributed by atoms with Crippen molar-refractivity contribution >= 4 is 27.4 Å². The molecule has 1 aliphatic heterocycles. The van der Waals surface area contributed by atoms with Crippen LogP contribution in [0.5, 0.6) is 0 Å². The van der Waals surface area contributed by atoms with Crippen molar-refractivity contribution in [3.63, 3.8) is 0 Å². The lowest BCUT2D eigenvalue weighted by Gasteiger charge is -2.40. The van der Waals surface area contributed by atoms with E-state index < -0.39 is 27.9 Å². The van der Waals surface area contributed by atoms with Crippen LogP contribution in [0.2, 0.25) is 5.02 Å². The zero-order valence-electron chi connectivity index (χ0n) is 23.6. The molecule has 0 aliphatic carbocycles. The van der Waals surface area contributed by atoms with Gasteiger partial charge in [-0.05, 0) is 66.6 Å². The van der Waals surface area contributed by atoms with E-state index in [1.54, 1.807) is 42.5 Å². The maximum absolute atomic E-state index is 15.2. The monoisotopic (exact) mass is 600 g/mol. The lowest BCUT2D eigenvalue weighted by Crippen LogP contribution is -2.58. The maximum Gasteiger partial charge on any atom is 0.243 e. The van der Waals surface area contributed by atoms with Gasteiger partial charge in [-0.25, -0.2) is 12.8 Å². The Labute approximate surface area is 247 Å². The van der Waals surface area contributed by atoms with Crippen LogP contribution in [0.25, 0.3) is 0 Å². The van der Waals surface area contributed by atoms with Gasteiger partial charge in [-0.1, -0.05) is 55.8 Å². The molecule has 2 heterocycles. The second-order valence-corrected chi connectivity index (χ2v) is 13.4. The molecule has 3 aromatic rings. The van der Waals surface area contributed by atoms with Gasteiger partial charge in [0.1, 0.15) is 5.82 Å². The standard InChI is InChI=1S/C31H38ClFN4O3S/c1-20(2)30(22-9-11-24(32)12-10-22)31(34)29(38)15-23-17-36-19-28(33)27(23)14-13-25-18-35-16-21(3)37(25)41(39,40)26-7-5-4-6-8-26/h4-12,17,19-21,25,30-31,35H,13-16,18,34H2,1-3H3/t21-,25-,30+,31+/m0/s1. The molecule has 3 N–H and O–H groups in total. The van der Waals surface area contributed by atoms with Crippen molar-refractivity contribution in [2.24, 2.45) is 11.7 Å². The molecule has 41 heavy (non-hydrogen) atoms. The van der Waals surface area contributed by atoms with E-state index in [2.05, 4.69) is 10.3 Å². The number of aromatic nitrogens is 1. The van der Waals surface area contributed by atoms with Gasteiger partial charge in [-0.15, -0.1) is 0 Å². The van der Waals surface area contributed by atoms with Crippen molar-refractivity contribution in [2.75, 3.05) is 13.1 Å². The largest absolute Gasteiger partial charge is 0.321 e. The fourth-order valence-electron chi connectivity index (χ4n) is 5.82. The van der Waals surface area contributed by atoms with E-state index >= 15 is 4.39 Å². The average Bonchev–Trinajstić information content (AvgIpc) is 2.94. The number of halogens is 2. The fourth-order valence-corrected chi connectivity index (χ4v) is 7.81. The van der Waals surface area contributed by atoms with Crippen molar-refractivity contribution in [2.45, 2.75) is 69.0 Å². The van der Waals surface area contributed by atoms with E-state index in [1.165, 1.54) is 10.5 Å². The molecular weight excluding hydrogens is 563 g/mol. The van der Waals surface area contributed by atoms with E-state index in [9.17, 15) is 13.2 Å². The molecule has 7 nitrogen and oxygen atoms in total. The number of sulfonamides is 1. The first-order valence-electron chi connectivity index (χ1n) is 13.9. The third kappa shape index (κ3) is 7.21. The number of hydrogen-bond acceptors (Lipinski definition) is 6. The number of nitrogens with one attached hydrogen (secondary N) is 1. The van der Waals surface area contributed by atoms with Gasteiger partial charge in [0, 0.05) is 48.7 Å². The van der Waals surface area contributed by atoms with Crippen molar-refractivity contribution < 1.29 is 17.6 Å². The molecule has 4 atom stereocenters. The third-order valence-corrected chi connectivity index (χ3v) is 10.2. The van der Waals surface area contributed by atoms with Crippen LogP contribution in [0.15, 0.2) is 71.9 Å². The number of carbonyl (C=O) groups is 1. The summed E-state index contributed by atoms with van der Waals surface area (Å²) in [7, 11) is -3.75. The van der Waals surface area contributed by atoms with Crippen LogP contribution in [-0.2, 0) is 27.7 Å². The molecule has 0 saturated carbocycles. The van der Waals surface area contributed by atoms with Crippen LogP contribution in [0, 0.1) is 11.7 Å². The van der Waals surface area contributed by atoms with Crippen molar-refractivity contribution in [3.05, 3.63) is 94.5 Å². The summed E-state index contributed by atoms with van der Waals surface area (Å²) in [5.41, 5.74) is 8.27. The molecule has 1 aromatic heterocycles. The minimum absolute atomic E-state index is 0.0661. The molecule has 220 valence electrons. The summed E-state index contributed by atoms with van der Waals surface area (Å²) in [5, 5.41) is 3.90. The summed E-state index contributed by atoms with van der Waals surface area (Å²) < 4.78 is 43.8. The van der Waals surface area contributed by atoms with E-state index in [0.29, 0.717) is 35.7 Å². The number of pyridine rings is 1. The number of nitrogens with two attached hydrogens (primary N) is 1. The quantitative estimate of drug-likeness (QED) is 0.329. The zero-order chi connectivity index (χ0) is 29.7. The van der Waals surface area contributed by atoms with Gasteiger partial charge in [-0.2, -0.15) is 4.31 Å². The molecule has 1 aliphatic rings. The number of piperazine rings is 1. The van der Waals surface area contributed by atoms with Gasteiger partial charge < -0.3 is 11.1 Å². The SMILES string of the molecule is CC(C)[C@H](c1ccc(Cl)cc1)[C@H](N)C(=O)Cc1cncc(F)c1CC[C@H]1CNC[C@H](C)N1S(=O)(=O)c1ccccc1. The van der Waals surface area contributed by atoms with Gasteiger partial charge >= 0.3 is 0 Å². The molecule has 1 fully saturated rings. The molecule has 10 heteroatoms. The number of Topliss-reactive ketones (excluding diaryl/α,β-unsaturated/α-hetero) is 1. The molecule has 0 amide bonds. The molecule has 0 unspecified atom stereocenters. The van der Waals surface area contributed by atoms with Crippen LogP contribution in [0.1, 0.15) is 49.8 Å². The van der Waals surface area contributed by atoms with Gasteiger partial charge in [0.25, 0.3) is 0 Å². The topological polar surface area (TPSA) is 105 Å². The van der Waals surface area contributed by atoms with Gasteiger partial charge in [0.15, 0.2) is 5.78 Å². The van der Waals surface area contributed by atoms with Crippen LogP contribution < -0.4 is 11.1 Å².